The highest BCUT2D eigenvalue weighted by molar-refractivity contribution is 5.37. The summed E-state index contributed by atoms with van der Waals surface area (Å²) in [6, 6.07) is 8.50. The van der Waals surface area contributed by atoms with E-state index in [0.717, 1.165) is 18.5 Å². The third-order valence-corrected chi connectivity index (χ3v) is 2.07. The first-order valence-electron chi connectivity index (χ1n) is 5.44. The highest BCUT2D eigenvalue weighted by Gasteiger charge is 1.97. The van der Waals surface area contributed by atoms with Crippen LogP contribution in [0.2, 0.25) is 0 Å². The summed E-state index contributed by atoms with van der Waals surface area (Å²) < 4.78 is 0. The Bertz CT molecular complexity index is 355. The second kappa shape index (κ2) is 6.27. The van der Waals surface area contributed by atoms with Gasteiger partial charge < -0.3 is 5.32 Å². The molecule has 0 saturated carbocycles. The molecule has 0 saturated heterocycles. The molecule has 0 unspecified atom stereocenters. The van der Waals surface area contributed by atoms with Crippen LogP contribution in [0.4, 0.5) is 0 Å². The van der Waals surface area contributed by atoms with E-state index in [1.165, 1.54) is 5.56 Å². The van der Waals surface area contributed by atoms with Crippen LogP contribution in [-0.2, 0) is 6.42 Å². The Morgan fingerprint density at radius 1 is 1.33 bits per heavy atom. The van der Waals surface area contributed by atoms with Crippen molar-refractivity contribution in [1.82, 2.24) is 5.32 Å². The molecule has 1 rings (SSSR count). The van der Waals surface area contributed by atoms with Crippen molar-refractivity contribution in [3.05, 3.63) is 35.4 Å². The number of hydrogen-bond acceptors (Lipinski definition) is 1. The predicted octanol–water partition coefficient (Wildman–Crippen LogP) is 2.46. The molecule has 0 amide bonds. The molecule has 0 fully saturated rings. The SMILES string of the molecule is CNCC#Cc1cccc(CC(C)C)c1. The van der Waals surface area contributed by atoms with Crippen molar-refractivity contribution >= 4 is 0 Å². The van der Waals surface area contributed by atoms with Gasteiger partial charge in [-0.15, -0.1) is 0 Å². The molecule has 1 aromatic carbocycles. The van der Waals surface area contributed by atoms with Crippen LogP contribution in [0.15, 0.2) is 24.3 Å². The van der Waals surface area contributed by atoms with Crippen molar-refractivity contribution in [2.24, 2.45) is 5.92 Å². The van der Waals surface area contributed by atoms with Crippen LogP contribution in [0.5, 0.6) is 0 Å². The molecule has 0 aromatic heterocycles. The Hall–Kier alpha value is -1.26. The van der Waals surface area contributed by atoms with Gasteiger partial charge in [0, 0.05) is 5.56 Å². The van der Waals surface area contributed by atoms with Crippen LogP contribution in [0.3, 0.4) is 0 Å². The summed E-state index contributed by atoms with van der Waals surface area (Å²) in [5.74, 6) is 6.92. The first kappa shape index (κ1) is 11.8. The Morgan fingerprint density at radius 3 is 2.80 bits per heavy atom. The maximum absolute atomic E-state index is 3.15. The second-order valence-electron chi connectivity index (χ2n) is 4.13. The molecule has 1 aromatic rings. The summed E-state index contributed by atoms with van der Waals surface area (Å²) in [7, 11) is 1.91. The lowest BCUT2D eigenvalue weighted by molar-refractivity contribution is 0.647. The lowest BCUT2D eigenvalue weighted by Crippen LogP contribution is -2.04. The molecule has 0 radical (unpaired) electrons. The lowest BCUT2D eigenvalue weighted by Gasteiger charge is -2.04. The summed E-state index contributed by atoms with van der Waals surface area (Å²) in [6.07, 6.45) is 1.13. The topological polar surface area (TPSA) is 12.0 Å². The Kier molecular flexibility index (Phi) is 4.93. The molecule has 15 heavy (non-hydrogen) atoms. The van der Waals surface area contributed by atoms with E-state index in [1.807, 2.05) is 7.05 Å². The van der Waals surface area contributed by atoms with Crippen LogP contribution in [0.1, 0.15) is 25.0 Å². The van der Waals surface area contributed by atoms with Gasteiger partial charge in [-0.1, -0.05) is 37.8 Å². The van der Waals surface area contributed by atoms with E-state index < -0.39 is 0 Å². The average Bonchev–Trinajstić information content (AvgIpc) is 2.18. The van der Waals surface area contributed by atoms with Crippen LogP contribution in [-0.4, -0.2) is 13.6 Å². The Balaban J connectivity index is 2.71. The van der Waals surface area contributed by atoms with Crippen LogP contribution < -0.4 is 5.32 Å². The molecule has 0 heterocycles. The fourth-order valence-electron chi connectivity index (χ4n) is 1.48. The largest absolute Gasteiger partial charge is 0.309 e. The normalized spacial score (nSPS) is 9.87. The minimum atomic E-state index is 0.700. The van der Waals surface area contributed by atoms with Crippen LogP contribution >= 0.6 is 0 Å². The van der Waals surface area contributed by atoms with Crippen LogP contribution in [0, 0.1) is 17.8 Å². The molecule has 0 spiro atoms. The third-order valence-electron chi connectivity index (χ3n) is 2.07. The van der Waals surface area contributed by atoms with Gasteiger partial charge in [-0.05, 0) is 37.1 Å². The van der Waals surface area contributed by atoms with Crippen molar-refractivity contribution in [2.75, 3.05) is 13.6 Å². The molecule has 1 N–H and O–H groups in total. The van der Waals surface area contributed by atoms with Gasteiger partial charge in [-0.25, -0.2) is 0 Å². The Labute approximate surface area is 92.9 Å². The molecule has 0 aliphatic heterocycles. The molecule has 80 valence electrons. The smallest absolute Gasteiger partial charge is 0.0577 e. The maximum Gasteiger partial charge on any atom is 0.0577 e. The lowest BCUT2D eigenvalue weighted by atomic mass is 10.0. The molecule has 0 bridgehead atoms. The molecule has 0 aliphatic carbocycles. The zero-order valence-electron chi connectivity index (χ0n) is 9.80. The van der Waals surface area contributed by atoms with E-state index in [1.54, 1.807) is 0 Å². The van der Waals surface area contributed by atoms with E-state index >= 15 is 0 Å². The van der Waals surface area contributed by atoms with Crippen molar-refractivity contribution < 1.29 is 0 Å². The quantitative estimate of drug-likeness (QED) is 0.741. The van der Waals surface area contributed by atoms with Gasteiger partial charge in [-0.2, -0.15) is 0 Å². The van der Waals surface area contributed by atoms with E-state index in [0.29, 0.717) is 5.92 Å². The number of rotatable bonds is 3. The maximum atomic E-state index is 3.15. The minimum absolute atomic E-state index is 0.700. The summed E-state index contributed by atoms with van der Waals surface area (Å²) in [5.41, 5.74) is 2.49. The summed E-state index contributed by atoms with van der Waals surface area (Å²) in [5, 5.41) is 3.01. The number of nitrogens with one attached hydrogen (secondary N) is 1. The standard InChI is InChI=1S/C14H19N/c1-12(2)10-14-7-4-6-13(11-14)8-5-9-15-3/h4,6-7,11-12,15H,9-10H2,1-3H3. The van der Waals surface area contributed by atoms with Gasteiger partial charge in [0.1, 0.15) is 0 Å². The summed E-state index contributed by atoms with van der Waals surface area (Å²) in [6.45, 7) is 5.22. The molecule has 1 nitrogen and oxygen atoms in total. The Morgan fingerprint density at radius 2 is 2.13 bits per heavy atom. The van der Waals surface area contributed by atoms with Crippen molar-refractivity contribution in [1.29, 1.82) is 0 Å². The highest BCUT2D eigenvalue weighted by Crippen LogP contribution is 2.09. The zero-order valence-corrected chi connectivity index (χ0v) is 9.80. The van der Waals surface area contributed by atoms with Gasteiger partial charge in [-0.3, -0.25) is 0 Å². The fourth-order valence-corrected chi connectivity index (χ4v) is 1.48. The van der Waals surface area contributed by atoms with Crippen molar-refractivity contribution in [3.63, 3.8) is 0 Å². The molecule has 1 heteroatoms. The highest BCUT2D eigenvalue weighted by atomic mass is 14.8. The average molecular weight is 201 g/mol. The number of hydrogen-bond donors (Lipinski definition) is 1. The van der Waals surface area contributed by atoms with Gasteiger partial charge in [0.15, 0.2) is 0 Å². The molecule has 0 aliphatic rings. The third kappa shape index (κ3) is 4.67. The first-order valence-corrected chi connectivity index (χ1v) is 5.44. The monoisotopic (exact) mass is 201 g/mol. The minimum Gasteiger partial charge on any atom is -0.309 e. The van der Waals surface area contributed by atoms with Gasteiger partial charge in [0.2, 0.25) is 0 Å². The van der Waals surface area contributed by atoms with Crippen molar-refractivity contribution in [3.8, 4) is 11.8 Å². The second-order valence-corrected chi connectivity index (χ2v) is 4.13. The van der Waals surface area contributed by atoms with Gasteiger partial charge in [0.05, 0.1) is 6.54 Å². The summed E-state index contributed by atoms with van der Waals surface area (Å²) >= 11 is 0. The molecule has 0 atom stereocenters. The number of benzene rings is 1. The van der Waals surface area contributed by atoms with Crippen LogP contribution in [0.25, 0.3) is 0 Å². The molecular formula is C14H19N. The summed E-state index contributed by atoms with van der Waals surface area (Å²) in [4.78, 5) is 0. The molecular weight excluding hydrogens is 182 g/mol. The zero-order chi connectivity index (χ0) is 11.1. The van der Waals surface area contributed by atoms with Gasteiger partial charge >= 0.3 is 0 Å². The van der Waals surface area contributed by atoms with Gasteiger partial charge in [0.25, 0.3) is 0 Å². The van der Waals surface area contributed by atoms with E-state index in [4.69, 9.17) is 0 Å². The van der Waals surface area contributed by atoms with E-state index in [2.05, 4.69) is 55.3 Å². The fraction of sp³-hybridized carbons (Fsp3) is 0.429. The van der Waals surface area contributed by atoms with E-state index in [-0.39, 0.29) is 0 Å². The van der Waals surface area contributed by atoms with E-state index in [9.17, 15) is 0 Å². The first-order chi connectivity index (χ1) is 7.22. The predicted molar refractivity (Wildman–Crippen MR) is 65.8 cm³/mol. The van der Waals surface area contributed by atoms with Crippen molar-refractivity contribution in [2.45, 2.75) is 20.3 Å².